The molecule has 32 heavy (non-hydrogen) atoms. The second-order valence-electron chi connectivity index (χ2n) is 6.55. The number of carbonyl (C=O) groups is 1. The van der Waals surface area contributed by atoms with E-state index in [2.05, 4.69) is 15.6 Å². The minimum atomic E-state index is -0.662. The van der Waals surface area contributed by atoms with Crippen molar-refractivity contribution in [2.24, 2.45) is 5.10 Å². The number of amides is 1. The zero-order chi connectivity index (χ0) is 23.1. The zero-order valence-electron chi connectivity index (χ0n) is 17.8. The molecule has 1 aromatic heterocycles. The number of hydrazone groups is 1. The number of aromatic nitrogens is 2. The quantitative estimate of drug-likeness (QED) is 0.454. The molecule has 0 saturated carbocycles. The van der Waals surface area contributed by atoms with Crippen molar-refractivity contribution in [3.8, 4) is 23.3 Å². The van der Waals surface area contributed by atoms with E-state index in [0.717, 1.165) is 4.68 Å². The van der Waals surface area contributed by atoms with Gasteiger partial charge in [-0.25, -0.2) is 5.43 Å². The second kappa shape index (κ2) is 10.0. The molecule has 3 aromatic rings. The van der Waals surface area contributed by atoms with Crippen molar-refractivity contribution in [1.82, 2.24) is 15.2 Å². The number of hydrogen-bond acceptors (Lipinski definition) is 7. The lowest BCUT2D eigenvalue weighted by atomic mass is 10.1. The molecule has 0 aliphatic carbocycles. The molecule has 3 rings (SSSR count). The molecular weight excluding hydrogens is 410 g/mol. The third kappa shape index (κ3) is 4.65. The van der Waals surface area contributed by atoms with Gasteiger partial charge in [-0.2, -0.15) is 20.1 Å². The highest BCUT2D eigenvalue weighted by atomic mass is 16.5. The van der Waals surface area contributed by atoms with Crippen molar-refractivity contribution in [1.29, 1.82) is 5.26 Å². The maximum Gasteiger partial charge on any atom is 0.292 e. The van der Waals surface area contributed by atoms with Crippen LogP contribution in [0.15, 0.2) is 58.4 Å². The first-order valence-electron chi connectivity index (χ1n) is 9.73. The first kappa shape index (κ1) is 22.2. The standard InChI is InChI=1S/C23H21N5O4/c1-4-32-18-11-9-17(10-12-18)28-23(30)19(13-24)15(2)21(27-28)22(29)26-25-14-16-7-5-6-8-20(16)31-3/h5-12,14H,4H2,1-3H3,(H,26,29)/b25-14+. The van der Waals surface area contributed by atoms with Crippen LogP contribution in [0, 0.1) is 18.3 Å². The topological polar surface area (TPSA) is 119 Å². The number of para-hydroxylation sites is 1. The minimum Gasteiger partial charge on any atom is -0.496 e. The van der Waals surface area contributed by atoms with Crippen LogP contribution in [0.5, 0.6) is 11.5 Å². The highest BCUT2D eigenvalue weighted by Crippen LogP contribution is 2.16. The van der Waals surface area contributed by atoms with E-state index >= 15 is 0 Å². The maximum absolute atomic E-state index is 12.7. The summed E-state index contributed by atoms with van der Waals surface area (Å²) in [6.07, 6.45) is 1.43. The molecular formula is C23H21N5O4. The fourth-order valence-electron chi connectivity index (χ4n) is 2.96. The van der Waals surface area contributed by atoms with E-state index in [1.54, 1.807) is 36.4 Å². The molecule has 0 aliphatic rings. The molecule has 1 amide bonds. The van der Waals surface area contributed by atoms with E-state index in [4.69, 9.17) is 9.47 Å². The second-order valence-corrected chi connectivity index (χ2v) is 6.55. The van der Waals surface area contributed by atoms with Crippen LogP contribution in [-0.4, -0.2) is 35.6 Å². The maximum atomic E-state index is 12.7. The average Bonchev–Trinajstić information content (AvgIpc) is 2.80. The molecule has 0 unspecified atom stereocenters. The molecule has 0 atom stereocenters. The van der Waals surface area contributed by atoms with E-state index in [-0.39, 0.29) is 16.8 Å². The van der Waals surface area contributed by atoms with Crippen molar-refractivity contribution < 1.29 is 14.3 Å². The van der Waals surface area contributed by atoms with Crippen LogP contribution in [0.2, 0.25) is 0 Å². The van der Waals surface area contributed by atoms with E-state index in [1.165, 1.54) is 20.2 Å². The summed E-state index contributed by atoms with van der Waals surface area (Å²) in [7, 11) is 1.53. The van der Waals surface area contributed by atoms with Crippen LogP contribution in [0.3, 0.4) is 0 Å². The van der Waals surface area contributed by atoms with E-state index in [9.17, 15) is 14.9 Å². The predicted octanol–water partition coefficient (Wildman–Crippen LogP) is 2.58. The molecule has 0 aliphatic heterocycles. The summed E-state index contributed by atoms with van der Waals surface area (Å²) in [5.41, 5.74) is 2.72. The van der Waals surface area contributed by atoms with Gasteiger partial charge in [0, 0.05) is 11.1 Å². The monoisotopic (exact) mass is 431 g/mol. The fraction of sp³-hybridized carbons (Fsp3) is 0.174. The minimum absolute atomic E-state index is 0.0905. The number of hydrogen-bond donors (Lipinski definition) is 1. The molecule has 9 nitrogen and oxygen atoms in total. The van der Waals surface area contributed by atoms with Gasteiger partial charge in [0.2, 0.25) is 0 Å². The Morgan fingerprint density at radius 2 is 1.97 bits per heavy atom. The van der Waals surface area contributed by atoms with Crippen LogP contribution in [0.4, 0.5) is 0 Å². The summed E-state index contributed by atoms with van der Waals surface area (Å²) in [4.78, 5) is 25.5. The molecule has 0 radical (unpaired) electrons. The summed E-state index contributed by atoms with van der Waals surface area (Å²) in [6, 6.07) is 15.6. The Kier molecular flexibility index (Phi) is 6.98. The van der Waals surface area contributed by atoms with Crippen LogP contribution >= 0.6 is 0 Å². The number of carbonyl (C=O) groups excluding carboxylic acids is 1. The normalized spacial score (nSPS) is 10.6. The molecule has 0 saturated heterocycles. The van der Waals surface area contributed by atoms with Gasteiger partial charge in [-0.1, -0.05) is 12.1 Å². The summed E-state index contributed by atoms with van der Waals surface area (Å²) in [6.45, 7) is 3.86. The number of methoxy groups -OCH3 is 1. The Bertz CT molecular complexity index is 1260. The summed E-state index contributed by atoms with van der Waals surface area (Å²) in [5.74, 6) is 0.556. The Morgan fingerprint density at radius 1 is 1.25 bits per heavy atom. The highest BCUT2D eigenvalue weighted by molar-refractivity contribution is 5.95. The molecule has 1 heterocycles. The largest absolute Gasteiger partial charge is 0.496 e. The molecule has 0 spiro atoms. The molecule has 0 bridgehead atoms. The molecule has 1 N–H and O–H groups in total. The van der Waals surface area contributed by atoms with Gasteiger partial charge in [0.1, 0.15) is 23.1 Å². The lowest BCUT2D eigenvalue weighted by Gasteiger charge is -2.11. The van der Waals surface area contributed by atoms with Crippen molar-refractivity contribution >= 4 is 12.1 Å². The van der Waals surface area contributed by atoms with E-state index < -0.39 is 11.5 Å². The number of rotatable bonds is 7. The Morgan fingerprint density at radius 3 is 2.62 bits per heavy atom. The molecule has 162 valence electrons. The van der Waals surface area contributed by atoms with Crippen LogP contribution in [-0.2, 0) is 0 Å². The van der Waals surface area contributed by atoms with Crippen LogP contribution in [0.25, 0.3) is 5.69 Å². The van der Waals surface area contributed by atoms with Gasteiger partial charge >= 0.3 is 0 Å². The zero-order valence-corrected chi connectivity index (χ0v) is 17.8. The molecule has 9 heteroatoms. The number of ether oxygens (including phenoxy) is 2. The number of nitrogens with zero attached hydrogens (tertiary/aromatic N) is 4. The molecule has 0 fully saturated rings. The summed E-state index contributed by atoms with van der Waals surface area (Å²) < 4.78 is 11.7. The predicted molar refractivity (Wildman–Crippen MR) is 119 cm³/mol. The van der Waals surface area contributed by atoms with Gasteiger partial charge in [-0.15, -0.1) is 0 Å². The Labute approximate surface area is 184 Å². The van der Waals surface area contributed by atoms with Gasteiger partial charge in [-0.05, 0) is 50.2 Å². The Hall–Kier alpha value is -4.45. The van der Waals surface area contributed by atoms with Crippen LogP contribution in [0.1, 0.15) is 34.1 Å². The van der Waals surface area contributed by atoms with Crippen molar-refractivity contribution in [2.75, 3.05) is 13.7 Å². The van der Waals surface area contributed by atoms with E-state index in [1.807, 2.05) is 25.1 Å². The summed E-state index contributed by atoms with van der Waals surface area (Å²) >= 11 is 0. The van der Waals surface area contributed by atoms with Gasteiger partial charge in [0.25, 0.3) is 11.5 Å². The van der Waals surface area contributed by atoms with Gasteiger partial charge in [0.05, 0.1) is 25.6 Å². The van der Waals surface area contributed by atoms with Crippen molar-refractivity contribution in [2.45, 2.75) is 13.8 Å². The van der Waals surface area contributed by atoms with Gasteiger partial charge in [-0.3, -0.25) is 9.59 Å². The number of nitrogens with one attached hydrogen (secondary N) is 1. The summed E-state index contributed by atoms with van der Waals surface area (Å²) in [5, 5.41) is 17.6. The van der Waals surface area contributed by atoms with Crippen molar-refractivity contribution in [3.05, 3.63) is 81.3 Å². The fourth-order valence-corrected chi connectivity index (χ4v) is 2.96. The lowest BCUT2D eigenvalue weighted by molar-refractivity contribution is 0.0947. The SMILES string of the molecule is CCOc1ccc(-n2nc(C(=O)N/N=C/c3ccccc3OC)c(C)c(C#N)c2=O)cc1. The average molecular weight is 431 g/mol. The highest BCUT2D eigenvalue weighted by Gasteiger charge is 2.20. The van der Waals surface area contributed by atoms with Crippen LogP contribution < -0.4 is 20.5 Å². The smallest absolute Gasteiger partial charge is 0.292 e. The number of benzene rings is 2. The lowest BCUT2D eigenvalue weighted by Crippen LogP contribution is -2.31. The number of nitriles is 1. The Balaban J connectivity index is 1.94. The molecule has 2 aromatic carbocycles. The third-order valence-electron chi connectivity index (χ3n) is 4.56. The van der Waals surface area contributed by atoms with Crippen molar-refractivity contribution in [3.63, 3.8) is 0 Å². The third-order valence-corrected chi connectivity index (χ3v) is 4.56. The van der Waals surface area contributed by atoms with E-state index in [0.29, 0.717) is 29.4 Å². The first-order valence-corrected chi connectivity index (χ1v) is 9.73. The van der Waals surface area contributed by atoms with Gasteiger partial charge < -0.3 is 9.47 Å². The first-order chi connectivity index (χ1) is 15.5. The van der Waals surface area contributed by atoms with Gasteiger partial charge in [0.15, 0.2) is 5.69 Å².